The summed E-state index contributed by atoms with van der Waals surface area (Å²) in [6, 6.07) is 1.74. The van der Waals surface area contributed by atoms with Crippen LogP contribution in [0, 0.1) is 6.92 Å². The van der Waals surface area contributed by atoms with E-state index in [9.17, 15) is 9.59 Å². The van der Waals surface area contributed by atoms with Gasteiger partial charge in [0.15, 0.2) is 0 Å². The van der Waals surface area contributed by atoms with E-state index in [1.165, 1.54) is 0 Å². The molecule has 0 aromatic carbocycles. The van der Waals surface area contributed by atoms with Crippen LogP contribution in [0.2, 0.25) is 0 Å². The number of carbonyl (C=O) groups excluding carboxylic acids is 2. The molecule has 1 fully saturated rings. The molecule has 3 rings (SSSR count). The van der Waals surface area contributed by atoms with Crippen molar-refractivity contribution in [2.24, 2.45) is 0 Å². The van der Waals surface area contributed by atoms with Gasteiger partial charge in [0.2, 0.25) is 11.8 Å². The highest BCUT2D eigenvalue weighted by atomic mass is 32.2. The number of likely N-dealkylation sites (tertiary alicyclic amines) is 1. The molecule has 0 aliphatic carbocycles. The summed E-state index contributed by atoms with van der Waals surface area (Å²) in [7, 11) is 0. The third kappa shape index (κ3) is 3.97. The summed E-state index contributed by atoms with van der Waals surface area (Å²) < 4.78 is 10.7. The summed E-state index contributed by atoms with van der Waals surface area (Å²) in [5.41, 5.74) is 0.731. The Balaban J connectivity index is 1.44. The van der Waals surface area contributed by atoms with Crippen LogP contribution in [0.15, 0.2) is 26.4 Å². The Morgan fingerprint density at radius 3 is 2.83 bits per heavy atom. The Kier molecular flexibility index (Phi) is 5.19. The number of aromatic nitrogens is 2. The second kappa shape index (κ2) is 7.52. The van der Waals surface area contributed by atoms with Crippen molar-refractivity contribution in [2.75, 3.05) is 25.4 Å². The lowest BCUT2D eigenvalue weighted by atomic mass is 10.3. The lowest BCUT2D eigenvalue weighted by molar-refractivity contribution is -0.131. The molecule has 0 bridgehead atoms. The smallest absolute Gasteiger partial charge is 0.277 e. The van der Waals surface area contributed by atoms with Crippen molar-refractivity contribution in [1.82, 2.24) is 20.4 Å². The first kappa shape index (κ1) is 16.6. The van der Waals surface area contributed by atoms with Gasteiger partial charge in [-0.25, -0.2) is 0 Å². The van der Waals surface area contributed by atoms with Crippen molar-refractivity contribution >= 4 is 23.6 Å². The molecule has 0 radical (unpaired) electrons. The number of amides is 2. The number of thioether (sulfide) groups is 1. The Hall–Kier alpha value is -2.29. The first-order valence-electron chi connectivity index (χ1n) is 7.69. The lowest BCUT2D eigenvalue weighted by Gasteiger charge is -2.15. The van der Waals surface area contributed by atoms with Gasteiger partial charge in [0.05, 0.1) is 24.1 Å². The van der Waals surface area contributed by atoms with Crippen molar-refractivity contribution in [3.63, 3.8) is 0 Å². The maximum atomic E-state index is 11.8. The highest BCUT2D eigenvalue weighted by Crippen LogP contribution is 2.26. The van der Waals surface area contributed by atoms with Gasteiger partial charge in [-0.2, -0.15) is 0 Å². The van der Waals surface area contributed by atoms with E-state index < -0.39 is 0 Å². The fourth-order valence-corrected chi connectivity index (χ4v) is 3.01. The summed E-state index contributed by atoms with van der Waals surface area (Å²) >= 11 is 1.13. The van der Waals surface area contributed by atoms with Crippen molar-refractivity contribution in [3.8, 4) is 11.5 Å². The number of carbonyl (C=O) groups is 2. The quantitative estimate of drug-likeness (QED) is 0.787. The number of nitrogens with one attached hydrogen (secondary N) is 1. The fraction of sp³-hybridized carbons (Fsp3) is 0.467. The number of hydrogen-bond donors (Lipinski definition) is 1. The maximum absolute atomic E-state index is 11.8. The van der Waals surface area contributed by atoms with Gasteiger partial charge in [-0.05, 0) is 25.8 Å². The molecule has 2 aromatic rings. The number of nitrogens with zero attached hydrogens (tertiary/aromatic N) is 3. The molecule has 8 nitrogen and oxygen atoms in total. The number of aryl methyl sites for hydroxylation is 1. The number of furan rings is 1. The van der Waals surface area contributed by atoms with Crippen LogP contribution in [0.5, 0.6) is 0 Å². The molecule has 0 saturated carbocycles. The van der Waals surface area contributed by atoms with E-state index in [0.29, 0.717) is 16.9 Å². The third-order valence-corrected chi connectivity index (χ3v) is 4.54. The first-order chi connectivity index (χ1) is 11.6. The Morgan fingerprint density at radius 1 is 1.33 bits per heavy atom. The van der Waals surface area contributed by atoms with Crippen LogP contribution in [0.4, 0.5) is 0 Å². The molecular formula is C15H18N4O4S. The van der Waals surface area contributed by atoms with E-state index in [2.05, 4.69) is 15.5 Å². The molecule has 0 unspecified atom stereocenters. The minimum Gasteiger partial charge on any atom is -0.469 e. The van der Waals surface area contributed by atoms with Crippen LogP contribution < -0.4 is 5.32 Å². The molecule has 1 aliphatic rings. The van der Waals surface area contributed by atoms with Gasteiger partial charge in [-0.1, -0.05) is 11.8 Å². The van der Waals surface area contributed by atoms with Crippen LogP contribution in [0.1, 0.15) is 18.6 Å². The van der Waals surface area contributed by atoms with Gasteiger partial charge in [0.1, 0.15) is 5.76 Å². The van der Waals surface area contributed by atoms with Crippen molar-refractivity contribution in [3.05, 3.63) is 18.1 Å². The summed E-state index contributed by atoms with van der Waals surface area (Å²) in [5.74, 6) is 0.870. The average molecular weight is 350 g/mol. The Morgan fingerprint density at radius 2 is 2.12 bits per heavy atom. The van der Waals surface area contributed by atoms with Gasteiger partial charge < -0.3 is 19.1 Å². The first-order valence-corrected chi connectivity index (χ1v) is 8.67. The summed E-state index contributed by atoms with van der Waals surface area (Å²) in [6.07, 6.45) is 3.61. The fourth-order valence-electron chi connectivity index (χ4n) is 2.41. The van der Waals surface area contributed by atoms with E-state index in [0.717, 1.165) is 43.3 Å². The van der Waals surface area contributed by atoms with E-state index in [1.54, 1.807) is 24.2 Å². The van der Waals surface area contributed by atoms with E-state index in [1.807, 2.05) is 0 Å². The van der Waals surface area contributed by atoms with Crippen molar-refractivity contribution in [2.45, 2.75) is 25.0 Å². The third-order valence-electron chi connectivity index (χ3n) is 3.72. The van der Waals surface area contributed by atoms with Crippen LogP contribution in [-0.2, 0) is 9.59 Å². The number of hydrogen-bond acceptors (Lipinski definition) is 7. The maximum Gasteiger partial charge on any atom is 0.277 e. The van der Waals surface area contributed by atoms with Gasteiger partial charge in [-0.3, -0.25) is 9.59 Å². The second-order valence-corrected chi connectivity index (χ2v) is 6.34. The Bertz CT molecular complexity index is 721. The average Bonchev–Trinajstić information content (AvgIpc) is 3.31. The zero-order chi connectivity index (χ0) is 16.9. The largest absolute Gasteiger partial charge is 0.469 e. The van der Waals surface area contributed by atoms with E-state index in [-0.39, 0.29) is 24.1 Å². The van der Waals surface area contributed by atoms with Crippen molar-refractivity contribution in [1.29, 1.82) is 0 Å². The highest BCUT2D eigenvalue weighted by Gasteiger charge is 2.18. The van der Waals surface area contributed by atoms with Gasteiger partial charge in [0.25, 0.3) is 11.1 Å². The van der Waals surface area contributed by atoms with Gasteiger partial charge in [-0.15, -0.1) is 10.2 Å². The molecule has 3 heterocycles. The molecule has 0 atom stereocenters. The molecule has 128 valence electrons. The zero-order valence-corrected chi connectivity index (χ0v) is 14.1. The zero-order valence-electron chi connectivity index (χ0n) is 13.3. The monoisotopic (exact) mass is 350 g/mol. The molecule has 0 spiro atoms. The standard InChI is InChI=1S/C15H18N4O4S/c1-10-11(4-7-22-10)14-17-18-15(23-14)24-9-12(20)16-8-13(21)19-5-2-3-6-19/h4,7H,2-3,5-6,8-9H2,1H3,(H,16,20). The molecule has 2 aromatic heterocycles. The predicted molar refractivity (Wildman–Crippen MR) is 86.3 cm³/mol. The normalized spacial score (nSPS) is 14.1. The minimum atomic E-state index is -0.244. The van der Waals surface area contributed by atoms with Gasteiger partial charge in [0, 0.05) is 13.1 Å². The van der Waals surface area contributed by atoms with E-state index >= 15 is 0 Å². The summed E-state index contributed by atoms with van der Waals surface area (Å²) in [5, 5.41) is 10.7. The highest BCUT2D eigenvalue weighted by molar-refractivity contribution is 7.99. The topological polar surface area (TPSA) is 101 Å². The molecule has 9 heteroatoms. The molecule has 24 heavy (non-hydrogen) atoms. The second-order valence-electron chi connectivity index (χ2n) is 5.42. The lowest BCUT2D eigenvalue weighted by Crippen LogP contribution is -2.39. The van der Waals surface area contributed by atoms with Crippen LogP contribution >= 0.6 is 11.8 Å². The SMILES string of the molecule is Cc1occc1-c1nnc(SCC(=O)NCC(=O)N2CCCC2)o1. The molecule has 1 saturated heterocycles. The van der Waals surface area contributed by atoms with E-state index in [4.69, 9.17) is 8.83 Å². The van der Waals surface area contributed by atoms with Crippen LogP contribution in [0.25, 0.3) is 11.5 Å². The van der Waals surface area contributed by atoms with Gasteiger partial charge >= 0.3 is 0 Å². The number of rotatable bonds is 6. The molecule has 1 aliphatic heterocycles. The molecular weight excluding hydrogens is 332 g/mol. The summed E-state index contributed by atoms with van der Waals surface area (Å²) in [4.78, 5) is 25.4. The van der Waals surface area contributed by atoms with Crippen molar-refractivity contribution < 1.29 is 18.4 Å². The predicted octanol–water partition coefficient (Wildman–Crippen LogP) is 1.47. The van der Waals surface area contributed by atoms with Crippen LogP contribution in [0.3, 0.4) is 0 Å². The molecule has 1 N–H and O–H groups in total. The Labute approximate surface area is 143 Å². The summed E-state index contributed by atoms with van der Waals surface area (Å²) in [6.45, 7) is 3.39. The molecule has 2 amide bonds. The minimum absolute atomic E-state index is 0.0304. The van der Waals surface area contributed by atoms with Crippen LogP contribution in [-0.4, -0.2) is 52.3 Å².